The number of halogens is 1. The van der Waals surface area contributed by atoms with Crippen molar-refractivity contribution in [3.8, 4) is 11.5 Å². The number of hydrogen-bond acceptors (Lipinski definition) is 4. The highest BCUT2D eigenvalue weighted by atomic mass is 35.5. The van der Waals surface area contributed by atoms with Crippen LogP contribution < -0.4 is 15.2 Å². The first-order valence-electron chi connectivity index (χ1n) is 5.20. The largest absolute Gasteiger partial charge is 0.493 e. The molecule has 96 valence electrons. The van der Waals surface area contributed by atoms with E-state index in [1.807, 2.05) is 13.0 Å². The first-order chi connectivity index (χ1) is 7.58. The molecule has 0 saturated carbocycles. The Kier molecular flexibility index (Phi) is 6.61. The summed E-state index contributed by atoms with van der Waals surface area (Å²) < 4.78 is 10.1. The van der Waals surface area contributed by atoms with Gasteiger partial charge >= 0.3 is 5.97 Å². The second kappa shape index (κ2) is 7.14. The Labute approximate surface area is 108 Å². The number of rotatable bonds is 4. The predicted molar refractivity (Wildman–Crippen MR) is 68.8 cm³/mol. The summed E-state index contributed by atoms with van der Waals surface area (Å²) >= 11 is 0. The molecule has 0 amide bonds. The summed E-state index contributed by atoms with van der Waals surface area (Å²) in [7, 11) is 1.53. The van der Waals surface area contributed by atoms with Crippen LogP contribution >= 0.6 is 12.4 Å². The lowest BCUT2D eigenvalue weighted by molar-refractivity contribution is -0.132. The van der Waals surface area contributed by atoms with Crippen molar-refractivity contribution in [2.45, 2.75) is 26.3 Å². The molecule has 1 aromatic rings. The lowest BCUT2D eigenvalue weighted by atomic mass is 10.1. The maximum Gasteiger partial charge on any atom is 0.308 e. The van der Waals surface area contributed by atoms with Gasteiger partial charge in [-0.1, -0.05) is 13.0 Å². The fourth-order valence-corrected chi connectivity index (χ4v) is 1.39. The summed E-state index contributed by atoms with van der Waals surface area (Å²) in [5.74, 6) is 0.574. The van der Waals surface area contributed by atoms with Crippen LogP contribution in [0.25, 0.3) is 0 Å². The molecular formula is C12H18ClNO3. The van der Waals surface area contributed by atoms with E-state index in [9.17, 15) is 4.79 Å². The molecule has 0 fully saturated rings. The lowest BCUT2D eigenvalue weighted by Gasteiger charge is -2.13. The molecule has 0 spiro atoms. The van der Waals surface area contributed by atoms with E-state index in [4.69, 9.17) is 15.2 Å². The molecule has 0 aliphatic rings. The Morgan fingerprint density at radius 3 is 2.53 bits per heavy atom. The van der Waals surface area contributed by atoms with Crippen LogP contribution in [-0.4, -0.2) is 13.1 Å². The summed E-state index contributed by atoms with van der Waals surface area (Å²) in [4.78, 5) is 10.9. The van der Waals surface area contributed by atoms with Gasteiger partial charge in [-0.05, 0) is 24.1 Å². The fraction of sp³-hybridized carbons (Fsp3) is 0.417. The molecule has 0 unspecified atom stereocenters. The Morgan fingerprint density at radius 2 is 2.06 bits per heavy atom. The van der Waals surface area contributed by atoms with Crippen LogP contribution in [0.3, 0.4) is 0 Å². The Balaban J connectivity index is 0.00000256. The summed E-state index contributed by atoms with van der Waals surface area (Å²) in [5.41, 5.74) is 6.87. The van der Waals surface area contributed by atoms with Crippen molar-refractivity contribution in [1.82, 2.24) is 0 Å². The average Bonchev–Trinajstić information content (AvgIpc) is 2.27. The highest BCUT2D eigenvalue weighted by Crippen LogP contribution is 2.30. The number of methoxy groups -OCH3 is 1. The first kappa shape index (κ1) is 15.7. The number of nitrogens with two attached hydrogens (primary N) is 1. The molecule has 17 heavy (non-hydrogen) atoms. The van der Waals surface area contributed by atoms with Gasteiger partial charge in [0.2, 0.25) is 0 Å². The molecule has 0 aliphatic carbocycles. The molecule has 2 N–H and O–H groups in total. The van der Waals surface area contributed by atoms with Gasteiger partial charge < -0.3 is 15.2 Å². The minimum absolute atomic E-state index is 0. The molecule has 4 nitrogen and oxygen atoms in total. The maximum absolute atomic E-state index is 10.9. The fourth-order valence-electron chi connectivity index (χ4n) is 1.39. The van der Waals surface area contributed by atoms with Crippen molar-refractivity contribution in [3.63, 3.8) is 0 Å². The quantitative estimate of drug-likeness (QED) is 0.666. The number of ether oxygens (including phenoxy) is 2. The van der Waals surface area contributed by atoms with Crippen LogP contribution in [0.2, 0.25) is 0 Å². The SMILES string of the molecule is CC[C@H](N)c1ccc(OC(C)=O)c(OC)c1.Cl. The summed E-state index contributed by atoms with van der Waals surface area (Å²) in [5, 5.41) is 0. The van der Waals surface area contributed by atoms with Crippen LogP contribution in [-0.2, 0) is 4.79 Å². The molecule has 5 heteroatoms. The van der Waals surface area contributed by atoms with E-state index in [1.165, 1.54) is 14.0 Å². The maximum atomic E-state index is 10.9. The minimum Gasteiger partial charge on any atom is -0.493 e. The van der Waals surface area contributed by atoms with Crippen molar-refractivity contribution in [2.24, 2.45) is 5.73 Å². The van der Waals surface area contributed by atoms with Crippen LogP contribution in [0.15, 0.2) is 18.2 Å². The molecule has 0 saturated heterocycles. The number of carbonyl (C=O) groups is 1. The van der Waals surface area contributed by atoms with Crippen LogP contribution in [0, 0.1) is 0 Å². The molecule has 0 aliphatic heterocycles. The van der Waals surface area contributed by atoms with Gasteiger partial charge in [-0.2, -0.15) is 0 Å². The predicted octanol–water partition coefficient (Wildman–Crippen LogP) is 2.45. The van der Waals surface area contributed by atoms with E-state index >= 15 is 0 Å². The van der Waals surface area contributed by atoms with E-state index in [0.717, 1.165) is 12.0 Å². The van der Waals surface area contributed by atoms with Gasteiger partial charge in [-0.25, -0.2) is 0 Å². The van der Waals surface area contributed by atoms with E-state index in [2.05, 4.69) is 0 Å². The Morgan fingerprint density at radius 1 is 1.41 bits per heavy atom. The van der Waals surface area contributed by atoms with Gasteiger partial charge in [0.1, 0.15) is 0 Å². The van der Waals surface area contributed by atoms with Gasteiger partial charge in [0.25, 0.3) is 0 Å². The van der Waals surface area contributed by atoms with Crippen molar-refractivity contribution < 1.29 is 14.3 Å². The number of carbonyl (C=O) groups excluding carboxylic acids is 1. The van der Waals surface area contributed by atoms with Gasteiger partial charge in [-0.15, -0.1) is 12.4 Å². The van der Waals surface area contributed by atoms with Gasteiger partial charge in [-0.3, -0.25) is 4.79 Å². The molecular weight excluding hydrogens is 242 g/mol. The number of hydrogen-bond donors (Lipinski definition) is 1. The van der Waals surface area contributed by atoms with E-state index < -0.39 is 0 Å². The minimum atomic E-state index is -0.370. The molecule has 0 bridgehead atoms. The zero-order valence-electron chi connectivity index (χ0n) is 10.2. The Hall–Kier alpha value is -1.26. The average molecular weight is 260 g/mol. The molecule has 0 aromatic heterocycles. The monoisotopic (exact) mass is 259 g/mol. The van der Waals surface area contributed by atoms with Crippen molar-refractivity contribution >= 4 is 18.4 Å². The molecule has 1 aromatic carbocycles. The second-order valence-electron chi connectivity index (χ2n) is 3.52. The van der Waals surface area contributed by atoms with Gasteiger partial charge in [0, 0.05) is 13.0 Å². The smallest absolute Gasteiger partial charge is 0.308 e. The first-order valence-corrected chi connectivity index (χ1v) is 5.20. The second-order valence-corrected chi connectivity index (χ2v) is 3.52. The topological polar surface area (TPSA) is 61.5 Å². The third kappa shape index (κ3) is 4.24. The normalized spacial score (nSPS) is 11.3. The van der Waals surface area contributed by atoms with Gasteiger partial charge in [0.15, 0.2) is 11.5 Å². The van der Waals surface area contributed by atoms with Crippen LogP contribution in [0.4, 0.5) is 0 Å². The summed E-state index contributed by atoms with van der Waals surface area (Å²) in [6.07, 6.45) is 0.843. The molecule has 0 radical (unpaired) electrons. The summed E-state index contributed by atoms with van der Waals surface area (Å²) in [6.45, 7) is 3.36. The van der Waals surface area contributed by atoms with E-state index in [1.54, 1.807) is 12.1 Å². The lowest BCUT2D eigenvalue weighted by Crippen LogP contribution is -2.09. The Bertz CT molecular complexity index is 382. The van der Waals surface area contributed by atoms with Crippen LogP contribution in [0.5, 0.6) is 11.5 Å². The molecule has 1 rings (SSSR count). The highest BCUT2D eigenvalue weighted by Gasteiger charge is 2.10. The summed E-state index contributed by atoms with van der Waals surface area (Å²) in [6, 6.07) is 5.31. The van der Waals surface area contributed by atoms with Crippen LogP contribution in [0.1, 0.15) is 31.9 Å². The van der Waals surface area contributed by atoms with Gasteiger partial charge in [0.05, 0.1) is 7.11 Å². The number of benzene rings is 1. The van der Waals surface area contributed by atoms with E-state index in [-0.39, 0.29) is 24.4 Å². The van der Waals surface area contributed by atoms with Crippen molar-refractivity contribution in [1.29, 1.82) is 0 Å². The third-order valence-corrected chi connectivity index (χ3v) is 2.31. The molecule has 1 atom stereocenters. The van der Waals surface area contributed by atoms with E-state index in [0.29, 0.717) is 11.5 Å². The third-order valence-electron chi connectivity index (χ3n) is 2.31. The van der Waals surface area contributed by atoms with Crippen molar-refractivity contribution in [3.05, 3.63) is 23.8 Å². The number of esters is 1. The zero-order chi connectivity index (χ0) is 12.1. The zero-order valence-corrected chi connectivity index (χ0v) is 11.0. The molecule has 0 heterocycles. The highest BCUT2D eigenvalue weighted by molar-refractivity contribution is 5.85. The standard InChI is InChI=1S/C12H17NO3.ClH/c1-4-10(13)9-5-6-11(16-8(2)14)12(7-9)15-3;/h5-7,10H,4,13H2,1-3H3;1H/t10-;/m0./s1. The van der Waals surface area contributed by atoms with Crippen molar-refractivity contribution in [2.75, 3.05) is 7.11 Å².